The number of carbonyl (C=O) groups is 1. The summed E-state index contributed by atoms with van der Waals surface area (Å²) in [4.78, 5) is 18.7. The first-order valence-corrected chi connectivity index (χ1v) is 10.3. The second-order valence-electron chi connectivity index (χ2n) is 7.32. The Morgan fingerprint density at radius 2 is 1.97 bits per heavy atom. The van der Waals surface area contributed by atoms with Crippen molar-refractivity contribution in [3.05, 3.63) is 58.0 Å². The van der Waals surface area contributed by atoms with E-state index in [0.29, 0.717) is 53.3 Å². The highest BCUT2D eigenvalue weighted by Gasteiger charge is 2.37. The maximum atomic E-state index is 12.9. The van der Waals surface area contributed by atoms with Gasteiger partial charge in [-0.15, -0.1) is 0 Å². The predicted molar refractivity (Wildman–Crippen MR) is 112 cm³/mol. The number of oxazole rings is 1. The van der Waals surface area contributed by atoms with Gasteiger partial charge < -0.3 is 9.32 Å². The largest absolute Gasteiger partial charge is 0.443 e. The van der Waals surface area contributed by atoms with Gasteiger partial charge in [-0.25, -0.2) is 4.98 Å². The summed E-state index contributed by atoms with van der Waals surface area (Å²) >= 11 is 12.3. The van der Waals surface area contributed by atoms with Crippen molar-refractivity contribution in [2.24, 2.45) is 0 Å². The molecule has 1 amide bonds. The second kappa shape index (κ2) is 8.13. The maximum absolute atomic E-state index is 12.9. The lowest BCUT2D eigenvalue weighted by molar-refractivity contribution is -0.133. The number of halogens is 2. The zero-order valence-corrected chi connectivity index (χ0v) is 17.8. The molecule has 0 spiro atoms. The van der Waals surface area contributed by atoms with Crippen molar-refractivity contribution < 1.29 is 9.21 Å². The Morgan fingerprint density at radius 1 is 1.27 bits per heavy atom. The topological polar surface area (TPSA) is 87.9 Å². The van der Waals surface area contributed by atoms with Gasteiger partial charge in [0.25, 0.3) is 0 Å². The molecule has 0 radical (unpaired) electrons. The average Bonchev–Trinajstić information content (AvgIpc) is 3.39. The van der Waals surface area contributed by atoms with Gasteiger partial charge in [-0.2, -0.15) is 10.4 Å². The van der Waals surface area contributed by atoms with Gasteiger partial charge in [0.1, 0.15) is 12.8 Å². The standard InChI is InChI=1S/C21H19Cl2N5O2/c1-14-18(23)19(20-25-8-11-30-20)26-28(14)12-17(29)27-9-6-21(13-24,7-10-27)15-2-4-16(22)5-3-15/h2-5,8,11H,6-7,9-10,12H2,1H3. The van der Waals surface area contributed by atoms with Crippen molar-refractivity contribution in [3.63, 3.8) is 0 Å². The van der Waals surface area contributed by atoms with E-state index in [4.69, 9.17) is 27.6 Å². The number of benzene rings is 1. The van der Waals surface area contributed by atoms with Crippen LogP contribution in [-0.2, 0) is 16.8 Å². The molecular formula is C21H19Cl2N5O2. The number of amides is 1. The Bertz CT molecular complexity index is 1090. The molecule has 9 heteroatoms. The second-order valence-corrected chi connectivity index (χ2v) is 8.14. The summed E-state index contributed by atoms with van der Waals surface area (Å²) in [7, 11) is 0. The molecule has 7 nitrogen and oxygen atoms in total. The van der Waals surface area contributed by atoms with E-state index in [9.17, 15) is 10.1 Å². The third-order valence-corrected chi connectivity index (χ3v) is 6.34. The molecule has 0 saturated carbocycles. The fraction of sp³-hybridized carbons (Fsp3) is 0.333. The first-order valence-electron chi connectivity index (χ1n) is 9.51. The van der Waals surface area contributed by atoms with Crippen LogP contribution in [0.2, 0.25) is 10.0 Å². The quantitative estimate of drug-likeness (QED) is 0.601. The lowest BCUT2D eigenvalue weighted by Crippen LogP contribution is -2.45. The van der Waals surface area contributed by atoms with Crippen molar-refractivity contribution in [2.75, 3.05) is 13.1 Å². The summed E-state index contributed by atoms with van der Waals surface area (Å²) in [6, 6.07) is 9.84. The minimum Gasteiger partial charge on any atom is -0.443 e. The molecule has 0 bridgehead atoms. The summed E-state index contributed by atoms with van der Waals surface area (Å²) < 4.78 is 6.83. The summed E-state index contributed by atoms with van der Waals surface area (Å²) in [5, 5.41) is 15.3. The van der Waals surface area contributed by atoms with E-state index in [0.717, 1.165) is 5.56 Å². The molecular weight excluding hydrogens is 425 g/mol. The molecule has 1 fully saturated rings. The van der Waals surface area contributed by atoms with Crippen molar-refractivity contribution in [2.45, 2.75) is 31.7 Å². The van der Waals surface area contributed by atoms with Crippen LogP contribution in [0.3, 0.4) is 0 Å². The number of piperidine rings is 1. The molecule has 1 aliphatic rings. The minimum atomic E-state index is -0.607. The van der Waals surface area contributed by atoms with Gasteiger partial charge in [-0.05, 0) is 37.5 Å². The molecule has 3 heterocycles. The summed E-state index contributed by atoms with van der Waals surface area (Å²) in [5.41, 5.74) is 1.41. The highest BCUT2D eigenvalue weighted by atomic mass is 35.5. The summed E-state index contributed by atoms with van der Waals surface area (Å²) in [6.45, 7) is 2.85. The van der Waals surface area contributed by atoms with Crippen LogP contribution in [0.1, 0.15) is 24.1 Å². The third kappa shape index (κ3) is 3.69. The molecule has 154 valence electrons. The molecule has 4 rings (SSSR count). The number of hydrogen-bond donors (Lipinski definition) is 0. The van der Waals surface area contributed by atoms with Crippen molar-refractivity contribution in [1.29, 1.82) is 5.26 Å². The molecule has 0 unspecified atom stereocenters. The molecule has 0 atom stereocenters. The normalized spacial score (nSPS) is 15.7. The molecule has 2 aromatic heterocycles. The van der Waals surface area contributed by atoms with E-state index in [1.807, 2.05) is 12.1 Å². The number of nitriles is 1. The van der Waals surface area contributed by atoms with Crippen LogP contribution in [0.15, 0.2) is 41.1 Å². The van der Waals surface area contributed by atoms with E-state index in [1.165, 1.54) is 12.5 Å². The number of aromatic nitrogens is 3. The average molecular weight is 444 g/mol. The molecule has 1 aromatic carbocycles. The van der Waals surface area contributed by atoms with E-state index in [2.05, 4.69) is 16.2 Å². The van der Waals surface area contributed by atoms with Gasteiger partial charge in [0.15, 0.2) is 5.69 Å². The zero-order valence-electron chi connectivity index (χ0n) is 16.3. The maximum Gasteiger partial charge on any atom is 0.248 e. The van der Waals surface area contributed by atoms with Gasteiger partial charge in [0.2, 0.25) is 11.8 Å². The lowest BCUT2D eigenvalue weighted by atomic mass is 9.74. The van der Waals surface area contributed by atoms with Crippen LogP contribution in [0.4, 0.5) is 0 Å². The van der Waals surface area contributed by atoms with Gasteiger partial charge in [0, 0.05) is 18.1 Å². The fourth-order valence-electron chi connectivity index (χ4n) is 3.76. The molecule has 1 aliphatic heterocycles. The SMILES string of the molecule is Cc1c(Cl)c(-c2ncco2)nn1CC(=O)N1CCC(C#N)(c2ccc(Cl)cc2)CC1. The molecule has 3 aromatic rings. The van der Waals surface area contributed by atoms with Crippen molar-refractivity contribution in [1.82, 2.24) is 19.7 Å². The molecule has 1 saturated heterocycles. The highest BCUT2D eigenvalue weighted by Crippen LogP contribution is 2.36. The van der Waals surface area contributed by atoms with Crippen molar-refractivity contribution in [3.8, 4) is 17.7 Å². The smallest absolute Gasteiger partial charge is 0.248 e. The van der Waals surface area contributed by atoms with Crippen molar-refractivity contribution >= 4 is 29.1 Å². The van der Waals surface area contributed by atoms with Gasteiger partial charge in [0.05, 0.1) is 28.4 Å². The van der Waals surface area contributed by atoms with Crippen LogP contribution < -0.4 is 0 Å². The van der Waals surface area contributed by atoms with Crippen LogP contribution in [0.25, 0.3) is 11.6 Å². The number of hydrogen-bond acceptors (Lipinski definition) is 5. The molecule has 0 aliphatic carbocycles. The van der Waals surface area contributed by atoms with Gasteiger partial charge in [-0.3, -0.25) is 9.48 Å². The van der Waals surface area contributed by atoms with Crippen LogP contribution in [-0.4, -0.2) is 38.7 Å². The summed E-state index contributed by atoms with van der Waals surface area (Å²) in [6.07, 6.45) is 4.09. The van der Waals surface area contributed by atoms with Gasteiger partial charge >= 0.3 is 0 Å². The van der Waals surface area contributed by atoms with Crippen LogP contribution in [0, 0.1) is 18.3 Å². The third-order valence-electron chi connectivity index (χ3n) is 5.63. The van der Waals surface area contributed by atoms with Gasteiger partial charge in [-0.1, -0.05) is 35.3 Å². The Labute approximate surface area is 183 Å². The summed E-state index contributed by atoms with van der Waals surface area (Å²) in [5.74, 6) is 0.243. The first kappa shape index (κ1) is 20.5. The lowest BCUT2D eigenvalue weighted by Gasteiger charge is -2.37. The van der Waals surface area contributed by atoms with E-state index < -0.39 is 5.41 Å². The minimum absolute atomic E-state index is 0.0623. The number of rotatable bonds is 4. The Morgan fingerprint density at radius 3 is 2.57 bits per heavy atom. The first-order chi connectivity index (χ1) is 14.4. The number of carbonyl (C=O) groups excluding carboxylic acids is 1. The highest BCUT2D eigenvalue weighted by molar-refractivity contribution is 6.33. The predicted octanol–water partition coefficient (Wildman–Crippen LogP) is 4.24. The Kier molecular flexibility index (Phi) is 5.54. The Balaban J connectivity index is 1.46. The van der Waals surface area contributed by atoms with Crippen LogP contribution >= 0.6 is 23.2 Å². The van der Waals surface area contributed by atoms with Crippen LogP contribution in [0.5, 0.6) is 0 Å². The van der Waals surface area contributed by atoms with E-state index in [-0.39, 0.29) is 12.5 Å². The van der Waals surface area contributed by atoms with E-state index >= 15 is 0 Å². The zero-order chi connectivity index (χ0) is 21.3. The molecule has 30 heavy (non-hydrogen) atoms. The monoisotopic (exact) mass is 443 g/mol. The van der Waals surface area contributed by atoms with E-state index in [1.54, 1.807) is 28.6 Å². The number of nitrogens with zero attached hydrogens (tertiary/aromatic N) is 5. The number of likely N-dealkylation sites (tertiary alicyclic amines) is 1. The molecule has 0 N–H and O–H groups in total. The Hall–Kier alpha value is -2.82. The fourth-order valence-corrected chi connectivity index (χ4v) is 4.10.